The summed E-state index contributed by atoms with van der Waals surface area (Å²) in [4.78, 5) is 96.5. The van der Waals surface area contributed by atoms with Crippen LogP contribution in [0.5, 0.6) is 0 Å². The largest absolute Gasteiger partial charge is 2.00 e. The van der Waals surface area contributed by atoms with Gasteiger partial charge >= 0.3 is 98.0 Å². The Labute approximate surface area is 307 Å². The van der Waals surface area contributed by atoms with E-state index in [2.05, 4.69) is 0 Å². The van der Waals surface area contributed by atoms with E-state index in [1.165, 1.54) is 0 Å². The minimum atomic E-state index is -1.96. The first-order valence-corrected chi connectivity index (χ1v) is 10.7. The molecule has 27 heteroatoms. The topological polar surface area (TPSA) is 485 Å². The molecule has 5 unspecified atom stereocenters. The third-order valence-electron chi connectivity index (χ3n) is 3.22. The van der Waals surface area contributed by atoms with Gasteiger partial charge in [0.25, 0.3) is 0 Å². The van der Waals surface area contributed by atoms with Crippen molar-refractivity contribution in [2.24, 2.45) is 0 Å². The van der Waals surface area contributed by atoms with E-state index in [0.29, 0.717) is 0 Å². The van der Waals surface area contributed by atoms with Gasteiger partial charge in [0.05, 0.1) is 43.4 Å². The fraction of sp³-hybridized carbons (Fsp3) is 0.500. The maximum Gasteiger partial charge on any atom is 2.00 e. The second kappa shape index (κ2) is 34.0. The first kappa shape index (κ1) is 59.1. The van der Waals surface area contributed by atoms with Gasteiger partial charge in [-0.2, -0.15) is 0 Å². The van der Waals surface area contributed by atoms with Crippen LogP contribution >= 0.6 is 0 Å². The van der Waals surface area contributed by atoms with Crippen LogP contribution in [0.15, 0.2) is 0 Å². The molecule has 47 heavy (non-hydrogen) atoms. The standard InChI is InChI=1S/5C4H6O5.2U/c5*5-2(4(8)9)1-3(6)7;;/h5*2,5H,1H2,(H,6,7)(H,8,9);;/q;;;;;2*+2/p-4. The minimum Gasteiger partial charge on any atom is -0.550 e. The molecule has 0 fully saturated rings. The molecule has 25 nitrogen and oxygen atoms in total. The van der Waals surface area contributed by atoms with Crippen molar-refractivity contribution in [3.05, 3.63) is 0 Å². The quantitative estimate of drug-likeness (QED) is 0.0725. The van der Waals surface area contributed by atoms with Crippen molar-refractivity contribution in [2.45, 2.75) is 62.6 Å². The molecule has 11 N–H and O–H groups in total. The van der Waals surface area contributed by atoms with E-state index < -0.39 is 122 Å². The Kier molecular flexibility index (Phi) is 42.7. The van der Waals surface area contributed by atoms with Crippen LogP contribution in [-0.2, 0) is 47.9 Å². The van der Waals surface area contributed by atoms with Gasteiger partial charge in [-0.25, -0.2) is 14.4 Å². The normalized spacial score (nSPS) is 12.0. The fourth-order valence-electron chi connectivity index (χ4n) is 1.24. The van der Waals surface area contributed by atoms with Crippen LogP contribution in [0, 0.1) is 62.2 Å². The minimum absolute atomic E-state index is 0. The molecule has 0 aromatic carbocycles. The molecule has 0 aromatic rings. The molecular formula is C20H26O25U2. The van der Waals surface area contributed by atoms with Crippen molar-refractivity contribution >= 4 is 59.7 Å². The van der Waals surface area contributed by atoms with Crippen LogP contribution in [0.25, 0.3) is 0 Å². The number of aliphatic hydroxyl groups excluding tert-OH is 5. The summed E-state index contributed by atoms with van der Waals surface area (Å²) in [6.45, 7) is 0. The van der Waals surface area contributed by atoms with Crippen LogP contribution in [0.1, 0.15) is 32.1 Å². The van der Waals surface area contributed by atoms with Gasteiger partial charge in [-0.3, -0.25) is 14.4 Å². The number of carboxylic acids is 10. The molecule has 0 aliphatic heterocycles. The Bertz CT molecular complexity index is 842. The van der Waals surface area contributed by atoms with Gasteiger partial charge in [0.15, 0.2) is 18.3 Å². The van der Waals surface area contributed by atoms with Crippen molar-refractivity contribution in [3.63, 3.8) is 0 Å². The molecule has 0 bridgehead atoms. The van der Waals surface area contributed by atoms with Crippen molar-refractivity contribution < 1.29 is 187 Å². The van der Waals surface area contributed by atoms with Crippen LogP contribution in [-0.4, -0.2) is 146 Å². The van der Waals surface area contributed by atoms with Gasteiger partial charge in [0, 0.05) is 24.8 Å². The van der Waals surface area contributed by atoms with Crippen molar-refractivity contribution in [1.29, 1.82) is 0 Å². The number of aliphatic hydroxyl groups is 5. The molecule has 0 aliphatic carbocycles. The molecule has 0 rings (SSSR count). The predicted octanol–water partition coefficient (Wildman–Crippen LogP) is -10.8. The summed E-state index contributed by atoms with van der Waals surface area (Å²) in [6, 6.07) is 0. The molecule has 0 saturated heterocycles. The van der Waals surface area contributed by atoms with E-state index >= 15 is 0 Å². The average Bonchev–Trinajstić information content (AvgIpc) is 2.83. The Morgan fingerprint density at radius 3 is 0.574 bits per heavy atom. The SMILES string of the molecule is O=C(O)CC(O)C(=O)O.O=C(O)CC(O)C(=O)O.O=C(O)CC(O)C(=O)O.O=C([O-])CC(O)C(=O)[O-].O=C([O-])CC(O)C(=O)[O-].[U+2].[U+2]. The molecule has 0 heterocycles. The molecular weight excluding hydrogens is 1120 g/mol. The summed E-state index contributed by atoms with van der Waals surface area (Å²) < 4.78 is 0. The van der Waals surface area contributed by atoms with E-state index in [1.54, 1.807) is 0 Å². The molecule has 0 saturated carbocycles. The summed E-state index contributed by atoms with van der Waals surface area (Å²) >= 11 is 0. The number of rotatable bonds is 15. The van der Waals surface area contributed by atoms with Crippen molar-refractivity contribution in [1.82, 2.24) is 0 Å². The molecule has 0 spiro atoms. The first-order chi connectivity index (χ1) is 20.2. The van der Waals surface area contributed by atoms with Crippen LogP contribution in [0.4, 0.5) is 0 Å². The van der Waals surface area contributed by atoms with E-state index in [4.69, 9.17) is 56.2 Å². The predicted molar refractivity (Wildman–Crippen MR) is 119 cm³/mol. The Morgan fingerprint density at radius 1 is 0.362 bits per heavy atom. The smallest absolute Gasteiger partial charge is 0.550 e. The fourth-order valence-corrected chi connectivity index (χ4v) is 1.24. The van der Waals surface area contributed by atoms with Gasteiger partial charge in [-0.05, 0) is 0 Å². The summed E-state index contributed by atoms with van der Waals surface area (Å²) in [6.07, 6.45) is -13.4. The Morgan fingerprint density at radius 2 is 0.532 bits per heavy atom. The molecule has 0 radical (unpaired) electrons. The van der Waals surface area contributed by atoms with Crippen molar-refractivity contribution in [3.8, 4) is 0 Å². The summed E-state index contributed by atoms with van der Waals surface area (Å²) in [7, 11) is 0. The molecule has 5 atom stereocenters. The molecule has 0 aromatic heterocycles. The van der Waals surface area contributed by atoms with E-state index in [-0.39, 0.29) is 62.2 Å². The zero-order valence-electron chi connectivity index (χ0n) is 23.1. The van der Waals surface area contributed by atoms with Gasteiger partial charge in [-0.15, -0.1) is 0 Å². The number of carbonyl (C=O) groups excluding carboxylic acids is 4. The van der Waals surface area contributed by atoms with E-state index in [9.17, 15) is 68.4 Å². The van der Waals surface area contributed by atoms with Gasteiger partial charge < -0.3 is 95.8 Å². The van der Waals surface area contributed by atoms with Crippen molar-refractivity contribution in [2.75, 3.05) is 0 Å². The van der Waals surface area contributed by atoms with Crippen LogP contribution in [0.2, 0.25) is 0 Å². The number of carbonyl (C=O) groups is 10. The zero-order chi connectivity index (χ0) is 37.2. The molecule has 0 amide bonds. The molecule has 264 valence electrons. The third kappa shape index (κ3) is 52.4. The second-order valence-corrected chi connectivity index (χ2v) is 7.18. The number of carboxylic acid groups (broad SMARTS) is 10. The summed E-state index contributed by atoms with van der Waals surface area (Å²) in [5, 5.41) is 127. The second-order valence-electron chi connectivity index (χ2n) is 7.18. The Balaban J connectivity index is -0.0000000842. The monoisotopic (exact) mass is 1140 g/mol. The van der Waals surface area contributed by atoms with Gasteiger partial charge in [-0.1, -0.05) is 0 Å². The summed E-state index contributed by atoms with van der Waals surface area (Å²) in [5.41, 5.74) is 0. The van der Waals surface area contributed by atoms with Gasteiger partial charge in [0.1, 0.15) is 0 Å². The first-order valence-electron chi connectivity index (χ1n) is 10.7. The zero-order valence-corrected chi connectivity index (χ0v) is 31.4. The van der Waals surface area contributed by atoms with E-state index in [1.807, 2.05) is 0 Å². The number of aliphatic carboxylic acids is 10. The number of hydrogen-bond donors (Lipinski definition) is 11. The summed E-state index contributed by atoms with van der Waals surface area (Å²) in [5.74, 6) is -15.4. The Hall–Kier alpha value is -3.40. The van der Waals surface area contributed by atoms with Crippen LogP contribution in [0.3, 0.4) is 0 Å². The maximum absolute atomic E-state index is 9.72. The molecule has 0 aliphatic rings. The van der Waals surface area contributed by atoms with E-state index in [0.717, 1.165) is 0 Å². The number of hydrogen-bond acceptors (Lipinski definition) is 19. The maximum atomic E-state index is 9.72. The van der Waals surface area contributed by atoms with Gasteiger partial charge in [0.2, 0.25) is 0 Å². The van der Waals surface area contributed by atoms with Crippen LogP contribution < -0.4 is 20.4 Å². The third-order valence-corrected chi connectivity index (χ3v) is 3.22. The average molecular weight is 1140 g/mol.